The number of aliphatic hydroxyl groups is 1. The van der Waals surface area contributed by atoms with Gasteiger partial charge in [0.1, 0.15) is 18.5 Å². The van der Waals surface area contributed by atoms with Gasteiger partial charge >= 0.3 is 0 Å². The number of benzene rings is 1. The van der Waals surface area contributed by atoms with Gasteiger partial charge in [-0.1, -0.05) is 18.5 Å². The maximum Gasteiger partial charge on any atom is 0.119 e. The van der Waals surface area contributed by atoms with Gasteiger partial charge in [-0.2, -0.15) is 11.8 Å². The minimum Gasteiger partial charge on any atom is -0.491 e. The SMILES string of the molecule is CCC(CSC)NCC(O)COc1ccc(Cl)c(C)c1. The van der Waals surface area contributed by atoms with E-state index in [9.17, 15) is 5.11 Å². The maximum absolute atomic E-state index is 9.93. The van der Waals surface area contributed by atoms with Gasteiger partial charge in [0.2, 0.25) is 0 Å². The Balaban J connectivity index is 2.31. The summed E-state index contributed by atoms with van der Waals surface area (Å²) in [5.41, 5.74) is 0.975. The zero-order valence-corrected chi connectivity index (χ0v) is 13.9. The third-order valence-corrected chi connectivity index (χ3v) is 4.23. The largest absolute Gasteiger partial charge is 0.491 e. The molecule has 0 aromatic heterocycles. The van der Waals surface area contributed by atoms with Gasteiger partial charge in [0, 0.05) is 23.4 Å². The van der Waals surface area contributed by atoms with E-state index in [1.165, 1.54) is 0 Å². The molecular weight excluding hydrogens is 294 g/mol. The Morgan fingerprint density at radius 2 is 2.20 bits per heavy atom. The van der Waals surface area contributed by atoms with Gasteiger partial charge in [0.15, 0.2) is 0 Å². The molecule has 0 aliphatic heterocycles. The summed E-state index contributed by atoms with van der Waals surface area (Å²) in [5.74, 6) is 1.79. The molecule has 2 atom stereocenters. The highest BCUT2D eigenvalue weighted by atomic mass is 35.5. The van der Waals surface area contributed by atoms with Crippen molar-refractivity contribution in [2.45, 2.75) is 32.4 Å². The fourth-order valence-electron chi connectivity index (χ4n) is 1.78. The van der Waals surface area contributed by atoms with Crippen LogP contribution in [0.15, 0.2) is 18.2 Å². The van der Waals surface area contributed by atoms with Crippen LogP contribution in [0.4, 0.5) is 0 Å². The van der Waals surface area contributed by atoms with E-state index in [1.807, 2.05) is 36.9 Å². The van der Waals surface area contributed by atoms with Crippen LogP contribution >= 0.6 is 23.4 Å². The predicted octanol–water partition coefficient (Wildman–Crippen LogP) is 3.12. The summed E-state index contributed by atoms with van der Waals surface area (Å²) < 4.78 is 5.58. The molecule has 0 saturated carbocycles. The lowest BCUT2D eigenvalue weighted by Gasteiger charge is -2.19. The fraction of sp³-hybridized carbons (Fsp3) is 0.600. The zero-order valence-electron chi connectivity index (χ0n) is 12.4. The molecule has 5 heteroatoms. The first-order chi connectivity index (χ1) is 9.56. The van der Waals surface area contributed by atoms with Crippen molar-refractivity contribution in [2.75, 3.05) is 25.2 Å². The minimum absolute atomic E-state index is 0.282. The summed E-state index contributed by atoms with van der Waals surface area (Å²) in [6.45, 7) is 4.91. The van der Waals surface area contributed by atoms with Gasteiger partial charge in [-0.25, -0.2) is 0 Å². The molecule has 2 unspecified atom stereocenters. The first kappa shape index (κ1) is 17.6. The lowest BCUT2D eigenvalue weighted by Crippen LogP contribution is -2.39. The summed E-state index contributed by atoms with van der Waals surface area (Å²) in [5, 5.41) is 14.0. The number of aliphatic hydroxyl groups excluding tert-OH is 1. The Hall–Kier alpha value is -0.420. The Morgan fingerprint density at radius 1 is 1.45 bits per heavy atom. The van der Waals surface area contributed by atoms with Crippen molar-refractivity contribution in [1.29, 1.82) is 0 Å². The monoisotopic (exact) mass is 317 g/mol. The lowest BCUT2D eigenvalue weighted by molar-refractivity contribution is 0.104. The number of rotatable bonds is 9. The Morgan fingerprint density at radius 3 is 2.80 bits per heavy atom. The average Bonchev–Trinajstić information content (AvgIpc) is 2.44. The highest BCUT2D eigenvalue weighted by molar-refractivity contribution is 7.98. The topological polar surface area (TPSA) is 41.5 Å². The predicted molar refractivity (Wildman–Crippen MR) is 88.2 cm³/mol. The molecular formula is C15H24ClNO2S. The van der Waals surface area contributed by atoms with Gasteiger partial charge in [-0.05, 0) is 43.4 Å². The van der Waals surface area contributed by atoms with Crippen LogP contribution in [0.5, 0.6) is 5.75 Å². The third kappa shape index (κ3) is 6.35. The molecule has 2 N–H and O–H groups in total. The molecule has 0 radical (unpaired) electrons. The lowest BCUT2D eigenvalue weighted by atomic mass is 10.2. The third-order valence-electron chi connectivity index (χ3n) is 3.07. The van der Waals surface area contributed by atoms with Gasteiger partial charge in [0.25, 0.3) is 0 Å². The summed E-state index contributed by atoms with van der Waals surface area (Å²) >= 11 is 7.77. The van der Waals surface area contributed by atoms with E-state index >= 15 is 0 Å². The van der Waals surface area contributed by atoms with Gasteiger partial charge < -0.3 is 15.2 Å². The van der Waals surface area contributed by atoms with Crippen molar-refractivity contribution in [3.63, 3.8) is 0 Å². The summed E-state index contributed by atoms with van der Waals surface area (Å²) in [6.07, 6.45) is 2.64. The molecule has 0 aliphatic carbocycles. The number of halogens is 1. The highest BCUT2D eigenvalue weighted by Crippen LogP contribution is 2.21. The number of hydrogen-bond acceptors (Lipinski definition) is 4. The number of hydrogen-bond donors (Lipinski definition) is 2. The minimum atomic E-state index is -0.512. The zero-order chi connectivity index (χ0) is 15.0. The van der Waals surface area contributed by atoms with Crippen LogP contribution in [0, 0.1) is 6.92 Å². The van der Waals surface area contributed by atoms with Crippen LogP contribution in [0.3, 0.4) is 0 Å². The van der Waals surface area contributed by atoms with E-state index in [1.54, 1.807) is 0 Å². The van der Waals surface area contributed by atoms with E-state index in [4.69, 9.17) is 16.3 Å². The van der Waals surface area contributed by atoms with Crippen molar-refractivity contribution in [3.8, 4) is 5.75 Å². The van der Waals surface area contributed by atoms with E-state index in [-0.39, 0.29) is 6.61 Å². The molecule has 0 fully saturated rings. The van der Waals surface area contributed by atoms with Crippen LogP contribution in [0.25, 0.3) is 0 Å². The summed E-state index contributed by atoms with van der Waals surface area (Å²) in [4.78, 5) is 0. The van der Waals surface area contributed by atoms with Gasteiger partial charge in [-0.15, -0.1) is 0 Å². The van der Waals surface area contributed by atoms with Gasteiger partial charge in [0.05, 0.1) is 0 Å². The molecule has 1 aromatic rings. The van der Waals surface area contributed by atoms with Crippen molar-refractivity contribution in [2.24, 2.45) is 0 Å². The molecule has 0 spiro atoms. The highest BCUT2D eigenvalue weighted by Gasteiger charge is 2.10. The summed E-state index contributed by atoms with van der Waals surface area (Å²) in [7, 11) is 0. The summed E-state index contributed by atoms with van der Waals surface area (Å²) in [6, 6.07) is 5.95. The second-order valence-corrected chi connectivity index (χ2v) is 6.16. The van der Waals surface area contributed by atoms with Crippen molar-refractivity contribution < 1.29 is 9.84 Å². The van der Waals surface area contributed by atoms with Crippen LogP contribution in [0.2, 0.25) is 5.02 Å². The number of thioether (sulfide) groups is 1. The molecule has 114 valence electrons. The van der Waals surface area contributed by atoms with Crippen molar-refractivity contribution >= 4 is 23.4 Å². The average molecular weight is 318 g/mol. The van der Waals surface area contributed by atoms with E-state index < -0.39 is 6.10 Å². The molecule has 1 rings (SSSR count). The Kier molecular flexibility index (Phi) is 8.38. The molecule has 0 bridgehead atoms. The second kappa shape index (κ2) is 9.50. The first-order valence-corrected chi connectivity index (χ1v) is 8.63. The second-order valence-electron chi connectivity index (χ2n) is 4.84. The van der Waals surface area contributed by atoms with Crippen LogP contribution in [-0.2, 0) is 0 Å². The van der Waals surface area contributed by atoms with Crippen molar-refractivity contribution in [3.05, 3.63) is 28.8 Å². The molecule has 0 saturated heterocycles. The number of nitrogens with one attached hydrogen (secondary N) is 1. The number of aryl methyl sites for hydroxylation is 1. The van der Waals surface area contributed by atoms with Crippen LogP contribution in [0.1, 0.15) is 18.9 Å². The standard InChI is InChI=1S/C15H24ClNO2S/c1-4-12(10-20-3)17-8-13(18)9-19-14-5-6-15(16)11(2)7-14/h5-7,12-13,17-18H,4,8-10H2,1-3H3. The van der Waals surface area contributed by atoms with Crippen LogP contribution < -0.4 is 10.1 Å². The molecule has 20 heavy (non-hydrogen) atoms. The van der Waals surface area contributed by atoms with E-state index in [0.717, 1.165) is 28.5 Å². The molecule has 1 aromatic carbocycles. The Labute approximate surface area is 131 Å². The molecule has 3 nitrogen and oxygen atoms in total. The normalized spacial score (nSPS) is 14.1. The smallest absolute Gasteiger partial charge is 0.119 e. The Bertz CT molecular complexity index is 403. The number of ether oxygens (including phenoxy) is 1. The van der Waals surface area contributed by atoms with E-state index in [2.05, 4.69) is 18.5 Å². The van der Waals surface area contributed by atoms with Crippen LogP contribution in [-0.4, -0.2) is 42.4 Å². The first-order valence-electron chi connectivity index (χ1n) is 6.86. The van der Waals surface area contributed by atoms with Gasteiger partial charge in [-0.3, -0.25) is 0 Å². The quantitative estimate of drug-likeness (QED) is 0.734. The maximum atomic E-state index is 9.93. The molecule has 0 amide bonds. The molecule has 0 aliphatic rings. The van der Waals surface area contributed by atoms with E-state index in [0.29, 0.717) is 12.6 Å². The molecule has 0 heterocycles. The fourth-order valence-corrected chi connectivity index (χ4v) is 2.66. The van der Waals surface area contributed by atoms with Crippen molar-refractivity contribution in [1.82, 2.24) is 5.32 Å².